The van der Waals surface area contributed by atoms with E-state index in [4.69, 9.17) is 11.6 Å². The molecule has 0 unspecified atom stereocenters. The number of para-hydroxylation sites is 1. The largest absolute Gasteiger partial charge is 0.322 e. The third kappa shape index (κ3) is 3.32. The second kappa shape index (κ2) is 6.25. The van der Waals surface area contributed by atoms with Gasteiger partial charge in [-0.2, -0.15) is 0 Å². The first-order valence-corrected chi connectivity index (χ1v) is 7.61. The number of hydrogen-bond donors (Lipinski definition) is 1. The number of carbonyl (C=O) groups is 1. The standard InChI is InChI=1S/C16H10ClFN2OS/c17-11-9-10(5-6-12(11)18)19-15(21)7-8-16-20-13-3-1-2-4-14(13)22-16/h1-9H,(H,19,21)/b8-7+. The molecule has 0 saturated carbocycles. The molecule has 0 fully saturated rings. The van der Waals surface area contributed by atoms with Gasteiger partial charge >= 0.3 is 0 Å². The Bertz CT molecular complexity index is 842. The lowest BCUT2D eigenvalue weighted by Crippen LogP contribution is -2.07. The van der Waals surface area contributed by atoms with Gasteiger partial charge in [-0.3, -0.25) is 4.79 Å². The summed E-state index contributed by atoms with van der Waals surface area (Å²) in [5.41, 5.74) is 1.34. The molecule has 110 valence electrons. The number of amides is 1. The molecular formula is C16H10ClFN2OS. The van der Waals surface area contributed by atoms with Gasteiger partial charge in [-0.1, -0.05) is 23.7 Å². The van der Waals surface area contributed by atoms with Crippen LogP contribution in [0, 0.1) is 5.82 Å². The number of nitrogens with one attached hydrogen (secondary N) is 1. The molecule has 3 rings (SSSR count). The summed E-state index contributed by atoms with van der Waals surface area (Å²) in [7, 11) is 0. The van der Waals surface area contributed by atoms with E-state index in [1.54, 1.807) is 6.08 Å². The third-order valence-corrected chi connectivity index (χ3v) is 4.17. The molecule has 3 aromatic rings. The number of anilines is 1. The maximum Gasteiger partial charge on any atom is 0.248 e. The van der Waals surface area contributed by atoms with Crippen LogP contribution < -0.4 is 5.32 Å². The van der Waals surface area contributed by atoms with Crippen molar-refractivity contribution < 1.29 is 9.18 Å². The fraction of sp³-hybridized carbons (Fsp3) is 0. The van der Waals surface area contributed by atoms with Crippen molar-refractivity contribution in [3.05, 3.63) is 64.4 Å². The fourth-order valence-corrected chi connectivity index (χ4v) is 2.92. The summed E-state index contributed by atoms with van der Waals surface area (Å²) >= 11 is 7.16. The van der Waals surface area contributed by atoms with E-state index in [1.165, 1.54) is 35.6 Å². The van der Waals surface area contributed by atoms with Gasteiger partial charge in [0.15, 0.2) is 0 Å². The normalized spacial score (nSPS) is 11.2. The number of rotatable bonds is 3. The summed E-state index contributed by atoms with van der Waals surface area (Å²) in [6, 6.07) is 11.8. The minimum absolute atomic E-state index is 0.0343. The quantitative estimate of drug-likeness (QED) is 0.704. The van der Waals surface area contributed by atoms with Crippen molar-refractivity contribution in [1.82, 2.24) is 4.98 Å². The van der Waals surface area contributed by atoms with Crippen LogP contribution in [0.4, 0.5) is 10.1 Å². The Morgan fingerprint density at radius 1 is 1.27 bits per heavy atom. The second-order valence-corrected chi connectivity index (χ2v) is 5.94. The summed E-state index contributed by atoms with van der Waals surface area (Å²) in [4.78, 5) is 16.2. The molecule has 22 heavy (non-hydrogen) atoms. The van der Waals surface area contributed by atoms with Crippen LogP contribution in [0.2, 0.25) is 5.02 Å². The van der Waals surface area contributed by atoms with Crippen LogP contribution in [0.5, 0.6) is 0 Å². The van der Waals surface area contributed by atoms with Crippen LogP contribution >= 0.6 is 22.9 Å². The zero-order chi connectivity index (χ0) is 15.5. The van der Waals surface area contributed by atoms with E-state index < -0.39 is 5.82 Å². The number of benzene rings is 2. The molecule has 1 heterocycles. The van der Waals surface area contributed by atoms with E-state index in [9.17, 15) is 9.18 Å². The van der Waals surface area contributed by atoms with Crippen LogP contribution in [0.25, 0.3) is 16.3 Å². The van der Waals surface area contributed by atoms with E-state index >= 15 is 0 Å². The van der Waals surface area contributed by atoms with Crippen molar-refractivity contribution in [2.45, 2.75) is 0 Å². The number of halogens is 2. The van der Waals surface area contributed by atoms with E-state index in [-0.39, 0.29) is 10.9 Å². The van der Waals surface area contributed by atoms with E-state index in [2.05, 4.69) is 10.3 Å². The van der Waals surface area contributed by atoms with Crippen LogP contribution in [0.3, 0.4) is 0 Å². The van der Waals surface area contributed by atoms with Gasteiger partial charge in [-0.25, -0.2) is 9.37 Å². The third-order valence-electron chi connectivity index (χ3n) is 2.87. The van der Waals surface area contributed by atoms with Crippen molar-refractivity contribution in [3.63, 3.8) is 0 Å². The molecule has 0 saturated heterocycles. The van der Waals surface area contributed by atoms with E-state index in [0.29, 0.717) is 5.69 Å². The lowest BCUT2D eigenvalue weighted by molar-refractivity contribution is -0.111. The molecule has 0 aliphatic carbocycles. The Hall–Kier alpha value is -2.24. The van der Waals surface area contributed by atoms with Gasteiger partial charge in [0.05, 0.1) is 15.2 Å². The summed E-state index contributed by atoms with van der Waals surface area (Å²) in [6.45, 7) is 0. The summed E-state index contributed by atoms with van der Waals surface area (Å²) in [5, 5.41) is 3.32. The second-order valence-electron chi connectivity index (χ2n) is 4.47. The van der Waals surface area contributed by atoms with Crippen LogP contribution in [0.1, 0.15) is 5.01 Å². The Labute approximate surface area is 135 Å². The molecule has 6 heteroatoms. The topological polar surface area (TPSA) is 42.0 Å². The lowest BCUT2D eigenvalue weighted by atomic mass is 10.3. The van der Waals surface area contributed by atoms with Gasteiger partial charge < -0.3 is 5.32 Å². The first-order chi connectivity index (χ1) is 10.6. The first-order valence-electron chi connectivity index (χ1n) is 6.41. The van der Waals surface area contributed by atoms with Crippen LogP contribution in [-0.2, 0) is 4.79 Å². The van der Waals surface area contributed by atoms with Crippen LogP contribution in [0.15, 0.2) is 48.5 Å². The highest BCUT2D eigenvalue weighted by molar-refractivity contribution is 7.19. The van der Waals surface area contributed by atoms with Crippen molar-refractivity contribution in [3.8, 4) is 0 Å². The van der Waals surface area contributed by atoms with Gasteiger partial charge in [-0.05, 0) is 36.4 Å². The lowest BCUT2D eigenvalue weighted by Gasteiger charge is -2.02. The summed E-state index contributed by atoms with van der Waals surface area (Å²) in [6.07, 6.45) is 3.03. The summed E-state index contributed by atoms with van der Waals surface area (Å²) in [5.74, 6) is -0.855. The highest BCUT2D eigenvalue weighted by Gasteiger charge is 2.04. The molecular weight excluding hydrogens is 323 g/mol. The number of hydrogen-bond acceptors (Lipinski definition) is 3. The minimum atomic E-state index is -0.523. The van der Waals surface area contributed by atoms with Crippen molar-refractivity contribution in [2.75, 3.05) is 5.32 Å². The first kappa shape index (κ1) is 14.7. The average molecular weight is 333 g/mol. The average Bonchev–Trinajstić information content (AvgIpc) is 2.92. The fourth-order valence-electron chi connectivity index (χ4n) is 1.87. The Morgan fingerprint density at radius 2 is 2.09 bits per heavy atom. The molecule has 0 bridgehead atoms. The number of thiazole rings is 1. The molecule has 0 aliphatic rings. The molecule has 2 aromatic carbocycles. The highest BCUT2D eigenvalue weighted by Crippen LogP contribution is 2.22. The van der Waals surface area contributed by atoms with Gasteiger partial charge in [-0.15, -0.1) is 11.3 Å². The molecule has 3 nitrogen and oxygen atoms in total. The SMILES string of the molecule is O=C(/C=C/c1nc2ccccc2s1)Nc1ccc(F)c(Cl)c1. The minimum Gasteiger partial charge on any atom is -0.322 e. The van der Waals surface area contributed by atoms with Crippen molar-refractivity contribution >= 4 is 50.8 Å². The number of fused-ring (bicyclic) bond motifs is 1. The monoisotopic (exact) mass is 332 g/mol. The number of aromatic nitrogens is 1. The number of nitrogens with zero attached hydrogens (tertiary/aromatic N) is 1. The molecule has 0 spiro atoms. The van der Waals surface area contributed by atoms with Gasteiger partial charge in [0.1, 0.15) is 10.8 Å². The van der Waals surface area contributed by atoms with E-state index in [1.807, 2.05) is 24.3 Å². The Morgan fingerprint density at radius 3 is 2.86 bits per heavy atom. The molecule has 0 atom stereocenters. The van der Waals surface area contributed by atoms with Gasteiger partial charge in [0.25, 0.3) is 0 Å². The maximum atomic E-state index is 13.0. The number of carbonyl (C=O) groups excluding carboxylic acids is 1. The molecule has 0 aliphatic heterocycles. The van der Waals surface area contributed by atoms with Gasteiger partial charge in [0, 0.05) is 11.8 Å². The van der Waals surface area contributed by atoms with Gasteiger partial charge in [0.2, 0.25) is 5.91 Å². The molecule has 0 radical (unpaired) electrons. The Balaban J connectivity index is 1.71. The van der Waals surface area contributed by atoms with Crippen molar-refractivity contribution in [1.29, 1.82) is 0 Å². The maximum absolute atomic E-state index is 13.0. The van der Waals surface area contributed by atoms with E-state index in [0.717, 1.165) is 15.2 Å². The smallest absolute Gasteiger partial charge is 0.248 e. The predicted octanol–water partition coefficient (Wildman–Crippen LogP) is 4.74. The zero-order valence-corrected chi connectivity index (χ0v) is 12.8. The predicted molar refractivity (Wildman–Crippen MR) is 88.7 cm³/mol. The van der Waals surface area contributed by atoms with Crippen molar-refractivity contribution in [2.24, 2.45) is 0 Å². The molecule has 1 amide bonds. The zero-order valence-electron chi connectivity index (χ0n) is 11.2. The molecule has 1 aromatic heterocycles. The summed E-state index contributed by atoms with van der Waals surface area (Å²) < 4.78 is 14.1. The molecule has 1 N–H and O–H groups in total. The highest BCUT2D eigenvalue weighted by atomic mass is 35.5. The van der Waals surface area contributed by atoms with Crippen LogP contribution in [-0.4, -0.2) is 10.9 Å². The Kier molecular flexibility index (Phi) is 4.18.